The number of fused-ring (bicyclic) bond motifs is 3. The molecule has 0 aliphatic heterocycles. The fourth-order valence-electron chi connectivity index (χ4n) is 3.72. The van der Waals surface area contributed by atoms with Crippen LogP contribution in [-0.4, -0.2) is 3.21 Å². The Balaban J connectivity index is 0.000000739. The third kappa shape index (κ3) is 8.55. The van der Waals surface area contributed by atoms with E-state index in [1.54, 1.807) is 24.2 Å². The number of hydrogen-bond acceptors (Lipinski definition) is 0. The zero-order valence-electron chi connectivity index (χ0n) is 20.8. The van der Waals surface area contributed by atoms with Crippen LogP contribution >= 0.6 is 0 Å². The third-order valence-electron chi connectivity index (χ3n) is 5.42. The first-order valence-electron chi connectivity index (χ1n) is 11.0. The largest absolute Gasteiger partial charge is 1.00 e. The summed E-state index contributed by atoms with van der Waals surface area (Å²) in [6, 6.07) is 10.8. The van der Waals surface area contributed by atoms with E-state index in [1.807, 2.05) is 12.2 Å². The summed E-state index contributed by atoms with van der Waals surface area (Å²) in [6.45, 7) is 17.8. The van der Waals surface area contributed by atoms with Crippen molar-refractivity contribution in [3.63, 3.8) is 0 Å². The molecule has 2 aliphatic rings. The normalized spacial score (nSPS) is 12.1. The van der Waals surface area contributed by atoms with Gasteiger partial charge < -0.3 is 24.8 Å². The first-order valence-corrected chi connectivity index (χ1v) is 12.3. The minimum absolute atomic E-state index is 0. The van der Waals surface area contributed by atoms with E-state index < -0.39 is 0 Å². The number of hydrogen-bond donors (Lipinski definition) is 0. The molecule has 0 nitrogen and oxygen atoms in total. The number of aryl methyl sites for hydroxylation is 2. The van der Waals surface area contributed by atoms with Gasteiger partial charge in [-0.25, -0.2) is 12.2 Å². The molecule has 3 heteroatoms. The molecule has 0 atom stereocenters. The van der Waals surface area contributed by atoms with Crippen molar-refractivity contribution in [2.75, 3.05) is 0 Å². The second-order valence-corrected chi connectivity index (χ2v) is 11.6. The molecule has 0 saturated heterocycles. The van der Waals surface area contributed by atoms with E-state index in [-0.39, 0.29) is 24.8 Å². The average molecular weight is 547 g/mol. The molecule has 172 valence electrons. The molecule has 0 heterocycles. The van der Waals surface area contributed by atoms with Crippen molar-refractivity contribution in [1.29, 1.82) is 0 Å². The Kier molecular flexibility index (Phi) is 14.2. The van der Waals surface area contributed by atoms with Gasteiger partial charge in [-0.3, -0.25) is 6.08 Å². The molecule has 2 aliphatic carbocycles. The van der Waals surface area contributed by atoms with Crippen LogP contribution in [0.25, 0.3) is 11.1 Å². The van der Waals surface area contributed by atoms with Gasteiger partial charge in [-0.05, 0) is 47.4 Å². The Morgan fingerprint density at radius 3 is 1.94 bits per heavy atom. The van der Waals surface area contributed by atoms with Crippen molar-refractivity contribution in [3.8, 4) is 11.1 Å². The molecular formula is C29H36Cl2Zr-2. The first kappa shape index (κ1) is 31.3. The maximum absolute atomic E-state index is 3.60. The van der Waals surface area contributed by atoms with Crippen molar-refractivity contribution in [2.24, 2.45) is 0 Å². The predicted octanol–water partition coefficient (Wildman–Crippen LogP) is 1.98. The zero-order chi connectivity index (χ0) is 22.4. The van der Waals surface area contributed by atoms with Crippen LogP contribution in [0.2, 0.25) is 0 Å². The molecule has 0 amide bonds. The van der Waals surface area contributed by atoms with Crippen LogP contribution in [0.3, 0.4) is 0 Å². The van der Waals surface area contributed by atoms with E-state index in [4.69, 9.17) is 0 Å². The van der Waals surface area contributed by atoms with Crippen LogP contribution in [0, 0.1) is 26.0 Å². The second-order valence-electron chi connectivity index (χ2n) is 9.10. The third-order valence-corrected chi connectivity index (χ3v) is 5.42. The summed E-state index contributed by atoms with van der Waals surface area (Å²) in [5.74, 6) is 1.12. The molecule has 4 rings (SSSR count). The van der Waals surface area contributed by atoms with Gasteiger partial charge in [0.1, 0.15) is 0 Å². The molecule has 0 unspecified atom stereocenters. The Morgan fingerprint density at radius 1 is 0.906 bits per heavy atom. The fourth-order valence-corrected chi connectivity index (χ4v) is 3.72. The van der Waals surface area contributed by atoms with Crippen LogP contribution in [0.15, 0.2) is 36.4 Å². The molecule has 2 aromatic rings. The van der Waals surface area contributed by atoms with Crippen LogP contribution in [0.4, 0.5) is 0 Å². The number of halogens is 2. The standard InChI is InChI=1S/C21H25.C5H5.C3H6.2ClH.Zr/c1-12(2)16-7-14(5)18-11-19-15(6)8-17(13(3)4)10-21(19)20(18)9-16;1-2-4-5-3-1;1-3-2;;;/h7,9-10,12-13H,11H2,1-6H3;1-3H,4H2;1-2H3;2*1H;/q2*-1;;;;+2/p-2. The van der Waals surface area contributed by atoms with Crippen molar-refractivity contribution >= 4 is 3.21 Å². The van der Waals surface area contributed by atoms with Gasteiger partial charge in [0.05, 0.1) is 0 Å². The SMILES string of the molecule is C[C](C)=[Zr+2].Cc1[c-]c(C(C)C)cc2c1Cc1c(C)cc(C(C)C)cc1-2.[C-]1=CC=CC1.[Cl-].[Cl-]. The van der Waals surface area contributed by atoms with Gasteiger partial charge in [-0.1, -0.05) is 46.8 Å². The van der Waals surface area contributed by atoms with E-state index in [2.05, 4.69) is 91.8 Å². The molecule has 0 bridgehead atoms. The Labute approximate surface area is 224 Å². The van der Waals surface area contributed by atoms with Gasteiger partial charge in [0.15, 0.2) is 0 Å². The molecule has 0 spiro atoms. The van der Waals surface area contributed by atoms with Gasteiger partial charge in [-0.15, -0.1) is 17.5 Å². The maximum Gasteiger partial charge on any atom is -0.0219 e. The number of rotatable bonds is 2. The van der Waals surface area contributed by atoms with E-state index in [1.165, 1.54) is 47.7 Å². The molecule has 0 saturated carbocycles. The van der Waals surface area contributed by atoms with Crippen LogP contribution in [0.5, 0.6) is 0 Å². The summed E-state index contributed by atoms with van der Waals surface area (Å²) in [4.78, 5) is 0. The van der Waals surface area contributed by atoms with E-state index in [9.17, 15) is 0 Å². The minimum atomic E-state index is 0. The van der Waals surface area contributed by atoms with Crippen LogP contribution in [0.1, 0.15) is 93.2 Å². The Bertz CT molecular complexity index is 890. The van der Waals surface area contributed by atoms with Crippen LogP contribution in [-0.2, 0) is 30.7 Å². The number of allylic oxidation sites excluding steroid dienone is 4. The van der Waals surface area contributed by atoms with Gasteiger partial charge in [0, 0.05) is 0 Å². The Hall–Kier alpha value is -0.747. The van der Waals surface area contributed by atoms with Gasteiger partial charge in [-0.2, -0.15) is 29.3 Å². The van der Waals surface area contributed by atoms with Crippen molar-refractivity contribution in [3.05, 3.63) is 82.0 Å². The van der Waals surface area contributed by atoms with Crippen molar-refractivity contribution in [2.45, 2.75) is 80.1 Å². The predicted molar refractivity (Wildman–Crippen MR) is 129 cm³/mol. The monoisotopic (exact) mass is 544 g/mol. The fraction of sp³-hybridized carbons (Fsp3) is 0.414. The molecule has 0 radical (unpaired) electrons. The molecule has 0 aromatic heterocycles. The summed E-state index contributed by atoms with van der Waals surface area (Å²) in [6.07, 6.45) is 11.1. The van der Waals surface area contributed by atoms with Gasteiger partial charge in [0.25, 0.3) is 0 Å². The summed E-state index contributed by atoms with van der Waals surface area (Å²) >= 11 is 1.55. The van der Waals surface area contributed by atoms with Gasteiger partial charge in [0.2, 0.25) is 0 Å². The number of benzene rings is 2. The summed E-state index contributed by atoms with van der Waals surface area (Å²) in [5, 5.41) is 0. The molecular weight excluding hydrogens is 510 g/mol. The first-order chi connectivity index (χ1) is 14.1. The Morgan fingerprint density at radius 2 is 1.50 bits per heavy atom. The second kappa shape index (κ2) is 14.5. The summed E-state index contributed by atoms with van der Waals surface area (Å²) in [7, 11) is 0. The minimum Gasteiger partial charge on any atom is -1.00 e. The zero-order valence-corrected chi connectivity index (χ0v) is 24.8. The maximum atomic E-state index is 3.60. The summed E-state index contributed by atoms with van der Waals surface area (Å²) in [5.41, 5.74) is 11.5. The molecule has 0 N–H and O–H groups in total. The smallest absolute Gasteiger partial charge is 0.0219 e. The summed E-state index contributed by atoms with van der Waals surface area (Å²) < 4.78 is 1.51. The quantitative estimate of drug-likeness (QED) is 0.432. The molecule has 32 heavy (non-hydrogen) atoms. The molecule has 2 aromatic carbocycles. The van der Waals surface area contributed by atoms with Crippen LogP contribution < -0.4 is 24.8 Å². The van der Waals surface area contributed by atoms with E-state index >= 15 is 0 Å². The van der Waals surface area contributed by atoms with Crippen molar-refractivity contribution < 1.29 is 49.0 Å². The van der Waals surface area contributed by atoms with E-state index in [0.717, 1.165) is 12.8 Å². The van der Waals surface area contributed by atoms with Crippen molar-refractivity contribution in [1.82, 2.24) is 0 Å². The molecule has 0 fully saturated rings. The van der Waals surface area contributed by atoms with Gasteiger partial charge >= 0.3 is 41.3 Å². The average Bonchev–Trinajstić information content (AvgIpc) is 3.33. The topological polar surface area (TPSA) is 0 Å². The van der Waals surface area contributed by atoms with E-state index in [0.29, 0.717) is 11.8 Å².